The van der Waals surface area contributed by atoms with E-state index in [0.29, 0.717) is 37.0 Å². The highest BCUT2D eigenvalue weighted by Crippen LogP contribution is 2.38. The monoisotopic (exact) mass is 645 g/mol. The van der Waals surface area contributed by atoms with E-state index in [4.69, 9.17) is 9.72 Å². The van der Waals surface area contributed by atoms with Crippen molar-refractivity contribution in [3.05, 3.63) is 83.3 Å². The molecular formula is C38H49F2N5O2. The van der Waals surface area contributed by atoms with E-state index in [1.54, 1.807) is 0 Å². The maximum Gasteiger partial charge on any atom is 0.214 e. The van der Waals surface area contributed by atoms with Crippen LogP contribution in [0.2, 0.25) is 0 Å². The molecule has 1 N–H and O–H groups in total. The predicted molar refractivity (Wildman–Crippen MR) is 180 cm³/mol. The summed E-state index contributed by atoms with van der Waals surface area (Å²) in [6.07, 6.45) is 11.8. The summed E-state index contributed by atoms with van der Waals surface area (Å²) in [5, 5.41) is 3.07. The van der Waals surface area contributed by atoms with Crippen LogP contribution in [0.15, 0.2) is 54.6 Å². The molecule has 4 heterocycles. The van der Waals surface area contributed by atoms with E-state index in [0.717, 1.165) is 99.8 Å². The second-order valence-electron chi connectivity index (χ2n) is 13.7. The molecule has 0 atom stereocenters. The molecule has 2 aromatic heterocycles. The lowest BCUT2D eigenvalue weighted by atomic mass is 9.71. The number of hydrogen-bond acceptors (Lipinski definition) is 7. The fourth-order valence-corrected chi connectivity index (χ4v) is 7.65. The fourth-order valence-electron chi connectivity index (χ4n) is 7.65. The lowest BCUT2D eigenvalue weighted by molar-refractivity contribution is -0.123. The Morgan fingerprint density at radius 2 is 1.45 bits per heavy atom. The summed E-state index contributed by atoms with van der Waals surface area (Å²) in [4.78, 5) is 27.5. The summed E-state index contributed by atoms with van der Waals surface area (Å²) in [6.45, 7) is 6.34. The van der Waals surface area contributed by atoms with Gasteiger partial charge in [-0.3, -0.25) is 14.7 Å². The molecule has 3 aliphatic rings. The number of halogens is 2. The highest BCUT2D eigenvalue weighted by atomic mass is 19.1. The molecule has 1 aliphatic carbocycles. The Balaban J connectivity index is 0.881. The molecule has 7 nitrogen and oxygen atoms in total. The SMILES string of the molecule is O=C(Cc1cccc(OCN2CCCCC2)n1)C1CCC(C2CCN(CCc3cccc(CNc4cc(F)cc(F)c4)n3)CC2)CC1. The number of benzene rings is 1. The number of hydrogen-bond donors (Lipinski definition) is 1. The minimum atomic E-state index is -0.597. The van der Waals surface area contributed by atoms with Gasteiger partial charge in [0.1, 0.15) is 24.1 Å². The lowest BCUT2D eigenvalue weighted by Crippen LogP contribution is -2.38. The topological polar surface area (TPSA) is 70.6 Å². The Morgan fingerprint density at radius 3 is 2.21 bits per heavy atom. The minimum Gasteiger partial charge on any atom is -0.461 e. The van der Waals surface area contributed by atoms with Gasteiger partial charge in [-0.05, 0) is 107 Å². The first-order valence-corrected chi connectivity index (χ1v) is 17.7. The number of pyridine rings is 2. The summed E-state index contributed by atoms with van der Waals surface area (Å²) in [7, 11) is 0. The van der Waals surface area contributed by atoms with E-state index in [1.165, 1.54) is 44.2 Å². The van der Waals surface area contributed by atoms with Gasteiger partial charge in [0.25, 0.3) is 0 Å². The largest absolute Gasteiger partial charge is 0.461 e. The Kier molecular flexibility index (Phi) is 11.8. The molecule has 1 saturated carbocycles. The van der Waals surface area contributed by atoms with Crippen LogP contribution in [0.25, 0.3) is 0 Å². The Morgan fingerprint density at radius 1 is 0.766 bits per heavy atom. The van der Waals surface area contributed by atoms with Gasteiger partial charge in [0.05, 0.1) is 17.9 Å². The van der Waals surface area contributed by atoms with Crippen LogP contribution in [0.1, 0.15) is 74.9 Å². The van der Waals surface area contributed by atoms with Crippen molar-refractivity contribution in [3.8, 4) is 5.88 Å². The quantitative estimate of drug-likeness (QED) is 0.213. The van der Waals surface area contributed by atoms with Crippen LogP contribution in [-0.2, 0) is 24.2 Å². The second kappa shape index (κ2) is 16.6. The summed E-state index contributed by atoms with van der Waals surface area (Å²) in [5.74, 6) is 1.38. The van der Waals surface area contributed by atoms with Gasteiger partial charge in [0.15, 0.2) is 0 Å². The van der Waals surface area contributed by atoms with Crippen LogP contribution < -0.4 is 10.1 Å². The number of anilines is 1. The lowest BCUT2D eigenvalue weighted by Gasteiger charge is -2.39. The van der Waals surface area contributed by atoms with E-state index in [9.17, 15) is 13.6 Å². The Hall–Kier alpha value is -3.43. The number of piperidine rings is 2. The third kappa shape index (κ3) is 10.0. The standard InChI is InChI=1S/C38H49F2N5O2/c39-31-22-32(40)24-36(23-31)41-26-35-8-4-6-33(42-35)16-21-44-19-14-29(15-20-44)28-10-12-30(13-11-28)37(46)25-34-7-5-9-38(43-34)47-27-45-17-2-1-3-18-45/h4-9,22-24,28-30,41H,1-3,10-21,25-27H2. The van der Waals surface area contributed by atoms with Crippen LogP contribution in [-0.4, -0.2) is 65.0 Å². The van der Waals surface area contributed by atoms with Gasteiger partial charge in [-0.1, -0.05) is 18.6 Å². The van der Waals surface area contributed by atoms with E-state index >= 15 is 0 Å². The van der Waals surface area contributed by atoms with E-state index in [1.807, 2.05) is 30.3 Å². The van der Waals surface area contributed by atoms with Crippen molar-refractivity contribution < 1.29 is 18.3 Å². The van der Waals surface area contributed by atoms with Crippen LogP contribution in [0.4, 0.5) is 14.5 Å². The average Bonchev–Trinajstić information content (AvgIpc) is 3.10. The third-order valence-electron chi connectivity index (χ3n) is 10.4. The van der Waals surface area contributed by atoms with Crippen molar-refractivity contribution in [3.63, 3.8) is 0 Å². The Labute approximate surface area is 278 Å². The van der Waals surface area contributed by atoms with Gasteiger partial charge in [-0.25, -0.2) is 13.8 Å². The van der Waals surface area contributed by atoms with Crippen LogP contribution in [0.3, 0.4) is 0 Å². The van der Waals surface area contributed by atoms with Crippen LogP contribution in [0, 0.1) is 29.4 Å². The summed E-state index contributed by atoms with van der Waals surface area (Å²) < 4.78 is 32.9. The molecule has 0 amide bonds. The number of carbonyl (C=O) groups excluding carboxylic acids is 1. The summed E-state index contributed by atoms with van der Waals surface area (Å²) >= 11 is 0. The third-order valence-corrected chi connectivity index (χ3v) is 10.4. The van der Waals surface area contributed by atoms with Gasteiger partial charge in [-0.2, -0.15) is 0 Å². The molecule has 9 heteroatoms. The van der Waals surface area contributed by atoms with Gasteiger partial charge < -0.3 is 15.0 Å². The van der Waals surface area contributed by atoms with E-state index in [-0.39, 0.29) is 5.92 Å². The number of nitrogens with zero attached hydrogens (tertiary/aromatic N) is 4. The summed E-state index contributed by atoms with van der Waals surface area (Å²) in [5.41, 5.74) is 3.11. The number of ether oxygens (including phenoxy) is 1. The first-order valence-electron chi connectivity index (χ1n) is 17.7. The number of carbonyl (C=O) groups is 1. The number of ketones is 1. The second-order valence-corrected chi connectivity index (χ2v) is 13.7. The zero-order valence-corrected chi connectivity index (χ0v) is 27.5. The van der Waals surface area contributed by atoms with Gasteiger partial charge in [0, 0.05) is 61.9 Å². The zero-order chi connectivity index (χ0) is 32.4. The smallest absolute Gasteiger partial charge is 0.214 e. The van der Waals surface area contributed by atoms with E-state index < -0.39 is 11.6 Å². The maximum absolute atomic E-state index is 13.5. The average molecular weight is 646 g/mol. The van der Waals surface area contributed by atoms with Crippen molar-refractivity contribution >= 4 is 11.5 Å². The highest BCUT2D eigenvalue weighted by Gasteiger charge is 2.32. The number of Topliss-reactive ketones (excluding diaryl/α,β-unsaturated/α-hetero) is 1. The van der Waals surface area contributed by atoms with Crippen molar-refractivity contribution in [2.24, 2.45) is 17.8 Å². The van der Waals surface area contributed by atoms with Gasteiger partial charge in [0.2, 0.25) is 5.88 Å². The molecule has 3 aromatic rings. The molecule has 252 valence electrons. The molecule has 47 heavy (non-hydrogen) atoms. The molecule has 0 unspecified atom stereocenters. The number of rotatable bonds is 13. The summed E-state index contributed by atoms with van der Waals surface area (Å²) in [6, 6.07) is 15.2. The molecule has 0 bridgehead atoms. The number of likely N-dealkylation sites (tertiary alicyclic amines) is 2. The fraction of sp³-hybridized carbons (Fsp3) is 0.553. The van der Waals surface area contributed by atoms with Crippen molar-refractivity contribution in [2.45, 2.75) is 77.2 Å². The van der Waals surface area contributed by atoms with Crippen molar-refractivity contribution in [2.75, 3.05) is 44.8 Å². The van der Waals surface area contributed by atoms with Crippen molar-refractivity contribution in [1.29, 1.82) is 0 Å². The molecule has 2 saturated heterocycles. The zero-order valence-electron chi connectivity index (χ0n) is 27.5. The number of nitrogens with one attached hydrogen (secondary N) is 1. The Bertz CT molecular complexity index is 1430. The van der Waals surface area contributed by atoms with E-state index in [2.05, 4.69) is 26.2 Å². The molecule has 0 spiro atoms. The van der Waals surface area contributed by atoms with Gasteiger partial charge in [-0.15, -0.1) is 0 Å². The minimum absolute atomic E-state index is 0.152. The van der Waals surface area contributed by atoms with Crippen molar-refractivity contribution in [1.82, 2.24) is 19.8 Å². The normalized spacial score (nSPS) is 21.4. The maximum atomic E-state index is 13.5. The molecule has 2 aliphatic heterocycles. The number of aromatic nitrogens is 2. The molecule has 1 aromatic carbocycles. The highest BCUT2D eigenvalue weighted by molar-refractivity contribution is 5.83. The first-order chi connectivity index (χ1) is 23.0. The molecule has 6 rings (SSSR count). The predicted octanol–water partition coefficient (Wildman–Crippen LogP) is 7.06. The van der Waals surface area contributed by atoms with Crippen LogP contribution >= 0.6 is 0 Å². The van der Waals surface area contributed by atoms with Crippen LogP contribution in [0.5, 0.6) is 5.88 Å². The first kappa shape index (κ1) is 33.5. The molecular weight excluding hydrogens is 596 g/mol. The van der Waals surface area contributed by atoms with Gasteiger partial charge >= 0.3 is 0 Å². The molecule has 3 fully saturated rings. The molecule has 0 radical (unpaired) electrons.